The van der Waals surface area contributed by atoms with Crippen LogP contribution in [0.25, 0.3) is 32.2 Å². The van der Waals surface area contributed by atoms with Crippen LogP contribution in [-0.4, -0.2) is 71.3 Å². The lowest BCUT2D eigenvalue weighted by Gasteiger charge is -2.46. The van der Waals surface area contributed by atoms with E-state index in [1.807, 2.05) is 18.2 Å². The molecule has 4 aromatic rings. The summed E-state index contributed by atoms with van der Waals surface area (Å²) < 4.78 is 23.6. The first kappa shape index (κ1) is 24.3. The number of nitrogens with zero attached hydrogens (tertiary/aromatic N) is 5. The fourth-order valence-electron chi connectivity index (χ4n) is 6.19. The molecule has 4 aliphatic heterocycles. The highest BCUT2D eigenvalue weighted by Gasteiger charge is 2.36. The Balaban J connectivity index is 1.39. The molecule has 1 unspecified atom stereocenters. The molecule has 0 saturated carbocycles. The monoisotopic (exact) mass is 553 g/mol. The molecule has 4 aliphatic rings. The molecule has 0 radical (unpaired) electrons. The number of para-hydroxylation sites is 1. The molecule has 0 aliphatic carbocycles. The van der Waals surface area contributed by atoms with Crippen LogP contribution in [-0.2, 0) is 0 Å². The van der Waals surface area contributed by atoms with Gasteiger partial charge in [-0.05, 0) is 51.4 Å². The highest BCUT2D eigenvalue weighted by molar-refractivity contribution is 7.22. The fourth-order valence-corrected chi connectivity index (χ4v) is 7.24. The van der Waals surface area contributed by atoms with Gasteiger partial charge >= 0.3 is 6.01 Å². The normalized spacial score (nSPS) is 23.7. The smallest absolute Gasteiger partial charge is 0.319 e. The highest BCUT2D eigenvalue weighted by Crippen LogP contribution is 2.43. The number of likely N-dealkylation sites (N-methyl/N-ethyl adjacent to an activating group) is 1. The second-order valence-electron chi connectivity index (χ2n) is 10.6. The summed E-state index contributed by atoms with van der Waals surface area (Å²) in [5, 5.41) is 4.90. The summed E-state index contributed by atoms with van der Waals surface area (Å²) in [6, 6.07) is 8.56. The fraction of sp³-hybridized carbons (Fsp3) is 0.444. The van der Waals surface area contributed by atoms with Crippen molar-refractivity contribution in [1.29, 1.82) is 0 Å². The summed E-state index contributed by atoms with van der Waals surface area (Å²) in [5.41, 5.74) is 7.68. The number of anilines is 2. The van der Waals surface area contributed by atoms with Crippen LogP contribution in [0.15, 0.2) is 24.3 Å². The van der Waals surface area contributed by atoms with Crippen molar-refractivity contribution in [2.45, 2.75) is 43.8 Å². The molecular formula is C27H29ClFN7OS. The molecule has 2 aromatic carbocycles. The molecule has 0 spiro atoms. The van der Waals surface area contributed by atoms with Gasteiger partial charge in [0.05, 0.1) is 15.2 Å². The highest BCUT2D eigenvalue weighted by atomic mass is 35.5. The summed E-state index contributed by atoms with van der Waals surface area (Å²) in [6.07, 6.45) is 4.39. The van der Waals surface area contributed by atoms with Gasteiger partial charge in [-0.3, -0.25) is 0 Å². The number of thiazole rings is 1. The van der Waals surface area contributed by atoms with Crippen LogP contribution in [0.2, 0.25) is 5.02 Å². The molecule has 11 heteroatoms. The molecule has 0 amide bonds. The van der Waals surface area contributed by atoms with E-state index >= 15 is 4.39 Å². The average Bonchev–Trinajstić information content (AvgIpc) is 3.52. The number of nitrogens with one attached hydrogen (secondary N) is 1. The maximum absolute atomic E-state index is 16.5. The predicted octanol–water partition coefficient (Wildman–Crippen LogP) is 4.69. The number of benzene rings is 2. The third-order valence-electron chi connectivity index (χ3n) is 8.24. The number of nitrogen functional groups attached to an aromatic ring is 1. The van der Waals surface area contributed by atoms with Crippen molar-refractivity contribution in [3.05, 3.63) is 35.1 Å². The molecule has 4 fully saturated rings. The Morgan fingerprint density at radius 2 is 2.11 bits per heavy atom. The number of hydrogen-bond acceptors (Lipinski definition) is 9. The largest absolute Gasteiger partial charge is 0.462 e. The molecule has 3 N–H and O–H groups in total. The van der Waals surface area contributed by atoms with Crippen molar-refractivity contribution in [2.75, 3.05) is 43.9 Å². The number of piperidine rings is 2. The lowest BCUT2D eigenvalue weighted by molar-refractivity contribution is 0.188. The lowest BCUT2D eigenvalue weighted by Crippen LogP contribution is -2.61. The number of halogens is 2. The number of rotatable bonds is 5. The molecule has 6 heterocycles. The van der Waals surface area contributed by atoms with Gasteiger partial charge in [-0.15, -0.1) is 0 Å². The first-order valence-electron chi connectivity index (χ1n) is 13.1. The Hall–Kier alpha value is -2.79. The van der Waals surface area contributed by atoms with Crippen molar-refractivity contribution in [1.82, 2.24) is 25.2 Å². The van der Waals surface area contributed by atoms with E-state index in [4.69, 9.17) is 27.1 Å². The van der Waals surface area contributed by atoms with Crippen LogP contribution in [0.3, 0.4) is 0 Å². The summed E-state index contributed by atoms with van der Waals surface area (Å²) in [7, 11) is 2.10. The number of ether oxygens (including phenoxy) is 1. The van der Waals surface area contributed by atoms with E-state index in [-0.39, 0.29) is 23.1 Å². The van der Waals surface area contributed by atoms with Crippen molar-refractivity contribution < 1.29 is 9.13 Å². The predicted molar refractivity (Wildman–Crippen MR) is 151 cm³/mol. The van der Waals surface area contributed by atoms with Crippen LogP contribution in [0.1, 0.15) is 25.7 Å². The zero-order valence-corrected chi connectivity index (χ0v) is 22.7. The SMILES string of the molecule is CN1CCC[C@H]1COc1nc(N2C[C@H]3CCC2CN3)c2cc(Cl)c(-c3cccc4sc(N)nc34)c(F)c2n1. The number of piperazine rings is 1. The van der Waals surface area contributed by atoms with E-state index in [0.29, 0.717) is 51.1 Å². The van der Waals surface area contributed by atoms with Crippen molar-refractivity contribution in [2.24, 2.45) is 0 Å². The van der Waals surface area contributed by atoms with Crippen LogP contribution < -0.4 is 20.7 Å². The van der Waals surface area contributed by atoms with Crippen molar-refractivity contribution >= 4 is 55.0 Å². The quantitative estimate of drug-likeness (QED) is 0.367. The van der Waals surface area contributed by atoms with Crippen molar-refractivity contribution in [3.8, 4) is 17.1 Å². The van der Waals surface area contributed by atoms with Gasteiger partial charge in [0.1, 0.15) is 17.9 Å². The zero-order chi connectivity index (χ0) is 26.0. The van der Waals surface area contributed by atoms with Crippen LogP contribution in [0, 0.1) is 5.82 Å². The molecule has 8 rings (SSSR count). The van der Waals surface area contributed by atoms with Gasteiger partial charge in [0.2, 0.25) is 0 Å². The summed E-state index contributed by atoms with van der Waals surface area (Å²) in [4.78, 5) is 18.5. The first-order valence-corrected chi connectivity index (χ1v) is 14.3. The minimum Gasteiger partial charge on any atom is -0.462 e. The van der Waals surface area contributed by atoms with Gasteiger partial charge in [0, 0.05) is 47.7 Å². The number of nitrogens with two attached hydrogens (primary N) is 1. The topological polar surface area (TPSA) is 92.4 Å². The standard InChI is InChI=1S/C27H29ClFN7OS/c1-35-9-3-4-16(35)13-37-27-33-24-18(25(34-27)36-12-14-7-8-15(36)11-31-14)10-19(28)21(22(24)29)17-5-2-6-20-23(17)32-26(30)38-20/h2,5-6,10,14-16,31H,3-4,7-9,11-13H2,1H3,(H2,30,32)/t14-,15?,16+/m1/s1. The van der Waals surface area contributed by atoms with E-state index in [0.717, 1.165) is 50.0 Å². The summed E-state index contributed by atoms with van der Waals surface area (Å²) in [5.74, 6) is 0.183. The van der Waals surface area contributed by atoms with Crippen LogP contribution in [0.5, 0.6) is 6.01 Å². The average molecular weight is 554 g/mol. The third-order valence-corrected chi connectivity index (χ3v) is 9.39. The van der Waals surface area contributed by atoms with Crippen LogP contribution >= 0.6 is 22.9 Å². The van der Waals surface area contributed by atoms with E-state index in [1.165, 1.54) is 11.3 Å². The summed E-state index contributed by atoms with van der Waals surface area (Å²) in [6.45, 7) is 3.19. The third kappa shape index (κ3) is 4.05. The maximum atomic E-state index is 16.5. The Kier molecular flexibility index (Phi) is 6.03. The first-order chi connectivity index (χ1) is 18.5. The zero-order valence-electron chi connectivity index (χ0n) is 21.1. The van der Waals surface area contributed by atoms with E-state index in [9.17, 15) is 0 Å². The number of hydrogen-bond donors (Lipinski definition) is 2. The van der Waals surface area contributed by atoms with E-state index in [1.54, 1.807) is 6.07 Å². The van der Waals surface area contributed by atoms with Crippen molar-refractivity contribution in [3.63, 3.8) is 0 Å². The van der Waals surface area contributed by atoms with Gasteiger partial charge in [-0.2, -0.15) is 9.97 Å². The maximum Gasteiger partial charge on any atom is 0.319 e. The molecule has 2 bridgehead atoms. The van der Waals surface area contributed by atoms with Gasteiger partial charge in [0.25, 0.3) is 0 Å². The molecule has 198 valence electrons. The van der Waals surface area contributed by atoms with Gasteiger partial charge in [-0.25, -0.2) is 9.37 Å². The van der Waals surface area contributed by atoms with E-state index < -0.39 is 5.82 Å². The summed E-state index contributed by atoms with van der Waals surface area (Å²) >= 11 is 8.19. The van der Waals surface area contributed by atoms with Crippen LogP contribution in [0.4, 0.5) is 15.3 Å². The Labute approximate surface area is 229 Å². The minimum atomic E-state index is -0.502. The second kappa shape index (κ2) is 9.44. The van der Waals surface area contributed by atoms with Gasteiger partial charge in [0.15, 0.2) is 10.9 Å². The number of aromatic nitrogens is 3. The molecule has 8 nitrogen and oxygen atoms in total. The molecule has 4 saturated heterocycles. The Morgan fingerprint density at radius 3 is 2.84 bits per heavy atom. The molecule has 38 heavy (non-hydrogen) atoms. The molecule has 3 atom stereocenters. The number of fused-ring (bicyclic) bond motifs is 5. The minimum absolute atomic E-state index is 0.200. The Bertz CT molecular complexity index is 1540. The lowest BCUT2D eigenvalue weighted by atomic mass is 9.92. The van der Waals surface area contributed by atoms with Gasteiger partial charge in [-0.1, -0.05) is 35.1 Å². The van der Waals surface area contributed by atoms with Gasteiger partial charge < -0.3 is 25.6 Å². The molecular weight excluding hydrogens is 525 g/mol. The molecule has 2 aromatic heterocycles. The second-order valence-corrected chi connectivity index (χ2v) is 12.0. The van der Waals surface area contributed by atoms with E-state index in [2.05, 4.69) is 32.1 Å². The Morgan fingerprint density at radius 1 is 1.21 bits per heavy atom. The number of likely N-dealkylation sites (tertiary alicyclic amines) is 1.